The molecule has 0 unspecified atom stereocenters. The van der Waals surface area contributed by atoms with Gasteiger partial charge in [-0.1, -0.05) is 48.0 Å². The van der Waals surface area contributed by atoms with Gasteiger partial charge in [-0.25, -0.2) is 9.78 Å². The monoisotopic (exact) mass is 392 g/mol. The number of hydrogen-bond donors (Lipinski definition) is 0. The molecule has 7 heteroatoms. The summed E-state index contributed by atoms with van der Waals surface area (Å²) in [6, 6.07) is 16.8. The van der Waals surface area contributed by atoms with Crippen LogP contribution in [-0.2, 0) is 19.5 Å². The first kappa shape index (κ1) is 18.1. The van der Waals surface area contributed by atoms with Gasteiger partial charge in [-0.15, -0.1) is 0 Å². The second kappa shape index (κ2) is 7.78. The van der Waals surface area contributed by atoms with Crippen molar-refractivity contribution in [2.75, 3.05) is 0 Å². The molecular formula is C21H17ClN4O2. The van der Waals surface area contributed by atoms with Crippen LogP contribution < -0.4 is 11.2 Å². The van der Waals surface area contributed by atoms with Crippen LogP contribution in [-0.4, -0.2) is 19.1 Å². The molecule has 0 spiro atoms. The van der Waals surface area contributed by atoms with Crippen molar-refractivity contribution in [3.05, 3.63) is 104 Å². The second-order valence-corrected chi connectivity index (χ2v) is 6.84. The van der Waals surface area contributed by atoms with Gasteiger partial charge in [0.15, 0.2) is 5.82 Å². The number of nitrogens with zero attached hydrogens (tertiary/aromatic N) is 4. The van der Waals surface area contributed by atoms with E-state index in [4.69, 9.17) is 11.6 Å². The van der Waals surface area contributed by atoms with Gasteiger partial charge in [-0.05, 0) is 35.7 Å². The molecule has 0 amide bonds. The van der Waals surface area contributed by atoms with E-state index in [1.807, 2.05) is 36.4 Å². The lowest BCUT2D eigenvalue weighted by molar-refractivity contribution is 0.619. The lowest BCUT2D eigenvalue weighted by Crippen LogP contribution is -2.38. The van der Waals surface area contributed by atoms with E-state index in [-0.39, 0.29) is 5.56 Å². The summed E-state index contributed by atoms with van der Waals surface area (Å²) in [6.07, 6.45) is 4.04. The van der Waals surface area contributed by atoms with Crippen molar-refractivity contribution in [1.82, 2.24) is 19.1 Å². The van der Waals surface area contributed by atoms with Crippen molar-refractivity contribution in [1.29, 1.82) is 0 Å². The maximum Gasteiger partial charge on any atom is 0.352 e. The highest BCUT2D eigenvalue weighted by Crippen LogP contribution is 2.15. The minimum absolute atomic E-state index is 0.292. The van der Waals surface area contributed by atoms with Crippen molar-refractivity contribution in [3.8, 4) is 11.4 Å². The third-order valence-electron chi connectivity index (χ3n) is 4.56. The second-order valence-electron chi connectivity index (χ2n) is 6.45. The average molecular weight is 393 g/mol. The number of halogens is 1. The van der Waals surface area contributed by atoms with Crippen molar-refractivity contribution in [3.63, 3.8) is 0 Å². The van der Waals surface area contributed by atoms with Crippen LogP contribution in [0.15, 0.2) is 76.6 Å². The minimum Gasteiger partial charge on any atom is -0.328 e. The van der Waals surface area contributed by atoms with E-state index < -0.39 is 5.69 Å². The fraction of sp³-hybridized carbons (Fsp3) is 0.143. The molecule has 4 rings (SSSR count). The number of pyridine rings is 2. The van der Waals surface area contributed by atoms with Crippen LogP contribution in [0, 0.1) is 0 Å². The van der Waals surface area contributed by atoms with Gasteiger partial charge < -0.3 is 4.57 Å². The van der Waals surface area contributed by atoms with Crippen molar-refractivity contribution in [2.24, 2.45) is 0 Å². The average Bonchev–Trinajstić information content (AvgIpc) is 2.71. The van der Waals surface area contributed by atoms with Gasteiger partial charge in [-0.3, -0.25) is 9.36 Å². The summed E-state index contributed by atoms with van der Waals surface area (Å²) in [4.78, 5) is 33.7. The Kier molecular flexibility index (Phi) is 5.04. The third-order valence-corrected chi connectivity index (χ3v) is 4.78. The summed E-state index contributed by atoms with van der Waals surface area (Å²) >= 11 is 5.83. The number of fused-ring (bicyclic) bond motifs is 1. The summed E-state index contributed by atoms with van der Waals surface area (Å²) < 4.78 is 2.97. The summed E-state index contributed by atoms with van der Waals surface area (Å²) in [5.74, 6) is 0.364. The first-order chi connectivity index (χ1) is 13.6. The van der Waals surface area contributed by atoms with Gasteiger partial charge in [0.05, 0.1) is 12.1 Å². The van der Waals surface area contributed by atoms with Gasteiger partial charge in [0, 0.05) is 18.9 Å². The van der Waals surface area contributed by atoms with E-state index in [2.05, 4.69) is 9.97 Å². The van der Waals surface area contributed by atoms with E-state index in [0.29, 0.717) is 36.1 Å². The summed E-state index contributed by atoms with van der Waals surface area (Å²) in [7, 11) is 0. The van der Waals surface area contributed by atoms with Gasteiger partial charge in [0.25, 0.3) is 5.56 Å². The van der Waals surface area contributed by atoms with E-state index in [1.165, 1.54) is 4.57 Å². The molecule has 0 fully saturated rings. The highest BCUT2D eigenvalue weighted by atomic mass is 35.5. The highest BCUT2D eigenvalue weighted by Gasteiger charge is 2.17. The van der Waals surface area contributed by atoms with Crippen LogP contribution in [0.3, 0.4) is 0 Å². The smallest absolute Gasteiger partial charge is 0.328 e. The quantitative estimate of drug-likeness (QED) is 0.490. The van der Waals surface area contributed by atoms with Crippen LogP contribution in [0.2, 0.25) is 5.15 Å². The highest BCUT2D eigenvalue weighted by molar-refractivity contribution is 6.29. The minimum atomic E-state index is -0.539. The number of hydrogen-bond acceptors (Lipinski definition) is 4. The normalized spacial score (nSPS) is 11.0. The molecule has 140 valence electrons. The zero-order valence-electron chi connectivity index (χ0n) is 15.0. The Labute approximate surface area is 166 Å². The van der Waals surface area contributed by atoms with Gasteiger partial charge in [0.2, 0.25) is 0 Å². The van der Waals surface area contributed by atoms with Gasteiger partial charge >= 0.3 is 5.69 Å². The Morgan fingerprint density at radius 1 is 0.929 bits per heavy atom. The first-order valence-electron chi connectivity index (χ1n) is 8.86. The van der Waals surface area contributed by atoms with E-state index in [9.17, 15) is 9.59 Å². The Bertz CT molecular complexity index is 1180. The summed E-state index contributed by atoms with van der Waals surface area (Å²) in [5, 5.41) is 0.410. The number of aryl methyl sites for hydroxylation is 1. The lowest BCUT2D eigenvalue weighted by Gasteiger charge is -2.15. The zero-order valence-corrected chi connectivity index (χ0v) is 15.7. The summed E-state index contributed by atoms with van der Waals surface area (Å²) in [6.45, 7) is 0.724. The van der Waals surface area contributed by atoms with Gasteiger partial charge in [0.1, 0.15) is 5.15 Å². The van der Waals surface area contributed by atoms with Crippen LogP contribution >= 0.6 is 11.6 Å². The van der Waals surface area contributed by atoms with Crippen molar-refractivity contribution >= 4 is 11.6 Å². The standard InChI is InChI=1S/C21H17ClN4O2/c22-18-9-8-16(13-23-18)14-25-11-4-7-17-19(25)24-21(28)26(20(17)27)12-10-15-5-2-1-3-6-15/h1-9,11,13H,10,12,14H2. The van der Waals surface area contributed by atoms with Crippen LogP contribution in [0.1, 0.15) is 11.1 Å². The Morgan fingerprint density at radius 2 is 1.75 bits per heavy atom. The lowest BCUT2D eigenvalue weighted by atomic mass is 10.1. The number of rotatable bonds is 5. The predicted octanol–water partition coefficient (Wildman–Crippen LogP) is 2.85. The molecule has 0 saturated carbocycles. The van der Waals surface area contributed by atoms with E-state index in [1.54, 1.807) is 35.2 Å². The molecule has 3 heterocycles. The third kappa shape index (κ3) is 3.73. The molecule has 2 aliphatic heterocycles. The Morgan fingerprint density at radius 3 is 2.50 bits per heavy atom. The van der Waals surface area contributed by atoms with Crippen LogP contribution in [0.4, 0.5) is 0 Å². The molecule has 2 aliphatic rings. The maximum absolute atomic E-state index is 12.9. The SMILES string of the molecule is O=c1nc2n(Cc3ccc(Cl)nc3)cccc-2c(=O)n1CCc1ccccc1. The molecule has 0 bridgehead atoms. The van der Waals surface area contributed by atoms with Crippen molar-refractivity contribution in [2.45, 2.75) is 19.5 Å². The fourth-order valence-corrected chi connectivity index (χ4v) is 3.24. The Hall–Kier alpha value is -3.25. The van der Waals surface area contributed by atoms with Gasteiger partial charge in [-0.2, -0.15) is 4.98 Å². The number of aromatic nitrogens is 4. The molecule has 0 N–H and O–H groups in total. The molecule has 0 saturated heterocycles. The Balaban J connectivity index is 1.69. The molecule has 6 nitrogen and oxygen atoms in total. The molecule has 2 aromatic rings. The molecule has 28 heavy (non-hydrogen) atoms. The predicted molar refractivity (Wildman–Crippen MR) is 108 cm³/mol. The maximum atomic E-state index is 12.9. The van der Waals surface area contributed by atoms with Crippen LogP contribution in [0.25, 0.3) is 11.4 Å². The largest absolute Gasteiger partial charge is 0.352 e. The molecule has 1 aromatic heterocycles. The first-order valence-corrected chi connectivity index (χ1v) is 9.24. The van der Waals surface area contributed by atoms with Crippen LogP contribution in [0.5, 0.6) is 0 Å². The van der Waals surface area contributed by atoms with E-state index in [0.717, 1.165) is 11.1 Å². The number of benzene rings is 1. The molecule has 1 aromatic carbocycles. The summed E-state index contributed by atoms with van der Waals surface area (Å²) in [5.41, 5.74) is 1.51. The molecular weight excluding hydrogens is 376 g/mol. The zero-order chi connectivity index (χ0) is 19.5. The fourth-order valence-electron chi connectivity index (χ4n) is 3.12. The molecule has 0 aliphatic carbocycles. The molecule has 0 radical (unpaired) electrons. The molecule has 0 atom stereocenters. The van der Waals surface area contributed by atoms with Crippen molar-refractivity contribution < 1.29 is 0 Å². The topological polar surface area (TPSA) is 69.8 Å². The van der Waals surface area contributed by atoms with E-state index >= 15 is 0 Å².